The van der Waals surface area contributed by atoms with Crippen LogP contribution >= 0.6 is 0 Å². The minimum atomic E-state index is -1.30. The fraction of sp³-hybridized carbons (Fsp3) is 0.182. The van der Waals surface area contributed by atoms with Gasteiger partial charge in [-0.25, -0.2) is 9.18 Å². The lowest BCUT2D eigenvalue weighted by molar-refractivity contribution is -0.459. The molecule has 1 aromatic heterocycles. The summed E-state index contributed by atoms with van der Waals surface area (Å²) in [6, 6.07) is 7.32. The number of carbonyl (C=O) groups excluding carboxylic acids is 1. The Balaban J connectivity index is 2.03. The zero-order valence-electron chi connectivity index (χ0n) is 17.3. The molecule has 1 heterocycles. The largest absolute Gasteiger partial charge is 0.508 e. The van der Waals surface area contributed by atoms with Crippen molar-refractivity contribution in [1.29, 1.82) is 0 Å². The highest BCUT2D eigenvalue weighted by Gasteiger charge is 2.26. The van der Waals surface area contributed by atoms with Gasteiger partial charge in [0.1, 0.15) is 23.2 Å². The maximum atomic E-state index is 13.4. The number of guanidine groups is 1. The summed E-state index contributed by atoms with van der Waals surface area (Å²) in [5, 5.41) is 21.7. The van der Waals surface area contributed by atoms with Gasteiger partial charge < -0.3 is 19.9 Å². The Morgan fingerprint density at radius 3 is 2.48 bits per heavy atom. The third kappa shape index (κ3) is 5.45. The molecule has 3 rings (SSSR count). The van der Waals surface area contributed by atoms with E-state index in [0.717, 1.165) is 18.2 Å². The molecular weight excluding hydrogens is 435 g/mol. The Labute approximate surface area is 186 Å². The molecule has 0 bridgehead atoms. The zero-order chi connectivity index (χ0) is 24.1. The molecule has 0 radical (unpaired) electrons. The number of phenols is 1. The van der Waals surface area contributed by atoms with Crippen molar-refractivity contribution >= 4 is 28.8 Å². The summed E-state index contributed by atoms with van der Waals surface area (Å²) in [6.45, 7) is 0.285. The molecular formula is C22H22FN4O6+. The highest BCUT2D eigenvalue weighted by atomic mass is 19.1. The van der Waals surface area contributed by atoms with Gasteiger partial charge in [0.05, 0.1) is 17.5 Å². The molecule has 0 saturated carbocycles. The van der Waals surface area contributed by atoms with E-state index in [1.54, 1.807) is 0 Å². The van der Waals surface area contributed by atoms with E-state index in [4.69, 9.17) is 15.9 Å². The zero-order valence-corrected chi connectivity index (χ0v) is 17.3. The number of nitrogens with two attached hydrogens (primary N) is 2. The van der Waals surface area contributed by atoms with E-state index in [2.05, 4.69) is 10.3 Å². The molecule has 1 atom stereocenters. The first-order chi connectivity index (χ1) is 15.7. The van der Waals surface area contributed by atoms with Gasteiger partial charge >= 0.3 is 11.9 Å². The molecule has 8 N–H and O–H groups in total. The number of rotatable bonds is 8. The summed E-state index contributed by atoms with van der Waals surface area (Å²) in [5.74, 6) is -3.48. The van der Waals surface area contributed by atoms with Gasteiger partial charge in [0.2, 0.25) is 11.2 Å². The number of amides is 1. The normalized spacial score (nSPS) is 11.7. The summed E-state index contributed by atoms with van der Waals surface area (Å²) in [5.41, 5.74) is 9.95. The van der Waals surface area contributed by atoms with Crippen molar-refractivity contribution in [3.8, 4) is 16.9 Å². The lowest BCUT2D eigenvalue weighted by Gasteiger charge is -2.15. The summed E-state index contributed by atoms with van der Waals surface area (Å²) in [6.07, 6.45) is 0.349. The number of nitrogens with one attached hydrogen (secondary N) is 2. The van der Waals surface area contributed by atoms with E-state index in [9.17, 15) is 29.0 Å². The number of aromatic hydroxyl groups is 1. The van der Waals surface area contributed by atoms with Crippen molar-refractivity contribution in [3.05, 3.63) is 64.3 Å². The predicted molar refractivity (Wildman–Crippen MR) is 117 cm³/mol. The predicted octanol–water partition coefficient (Wildman–Crippen LogP) is -0.378. The SMILES string of the molecule is NC(N)=[NH+]CCCC(NC(=O)c1oc2cc(O)ccc2c(=O)c1-c1ccc(F)cc1)C(=O)O. The molecule has 2 aromatic carbocycles. The molecule has 0 saturated heterocycles. The Hall–Kier alpha value is -4.41. The molecule has 33 heavy (non-hydrogen) atoms. The van der Waals surface area contributed by atoms with Crippen LogP contribution in [0.1, 0.15) is 23.4 Å². The molecule has 3 aromatic rings. The first-order valence-corrected chi connectivity index (χ1v) is 9.88. The Morgan fingerprint density at radius 2 is 1.85 bits per heavy atom. The molecule has 1 unspecified atom stereocenters. The van der Waals surface area contributed by atoms with Crippen molar-refractivity contribution in [1.82, 2.24) is 5.32 Å². The molecule has 1 amide bonds. The molecule has 0 spiro atoms. The van der Waals surface area contributed by atoms with Gasteiger partial charge in [-0.2, -0.15) is 0 Å². The quantitative estimate of drug-likeness (QED) is 0.150. The minimum Gasteiger partial charge on any atom is -0.508 e. The first kappa shape index (κ1) is 23.3. The van der Waals surface area contributed by atoms with Crippen LogP contribution in [-0.2, 0) is 4.79 Å². The van der Waals surface area contributed by atoms with Crippen LogP contribution in [-0.4, -0.2) is 40.6 Å². The van der Waals surface area contributed by atoms with Crippen LogP contribution in [0.2, 0.25) is 0 Å². The van der Waals surface area contributed by atoms with E-state index >= 15 is 0 Å². The summed E-state index contributed by atoms with van der Waals surface area (Å²) in [4.78, 5) is 40.5. The van der Waals surface area contributed by atoms with Crippen molar-refractivity contribution < 1.29 is 33.6 Å². The Morgan fingerprint density at radius 1 is 1.15 bits per heavy atom. The number of phenolic OH excluding ortho intramolecular Hbond substituents is 1. The van der Waals surface area contributed by atoms with Crippen molar-refractivity contribution in [2.45, 2.75) is 18.9 Å². The van der Waals surface area contributed by atoms with Gasteiger partial charge in [-0.05, 0) is 42.7 Å². The molecule has 172 valence electrons. The molecule has 10 nitrogen and oxygen atoms in total. The van der Waals surface area contributed by atoms with E-state index in [1.807, 2.05) is 0 Å². The molecule has 0 fully saturated rings. The minimum absolute atomic E-state index is 0.0176. The van der Waals surface area contributed by atoms with Crippen LogP contribution in [0, 0.1) is 5.82 Å². The monoisotopic (exact) mass is 457 g/mol. The van der Waals surface area contributed by atoms with Gasteiger partial charge in [0, 0.05) is 6.07 Å². The number of carboxylic acid groups (broad SMARTS) is 1. The van der Waals surface area contributed by atoms with Crippen LogP contribution in [0.5, 0.6) is 5.75 Å². The fourth-order valence-corrected chi connectivity index (χ4v) is 3.24. The second-order valence-electron chi connectivity index (χ2n) is 7.21. The number of carboxylic acids is 1. The maximum Gasteiger partial charge on any atom is 0.338 e. The fourth-order valence-electron chi connectivity index (χ4n) is 3.24. The molecule has 0 aliphatic rings. The Kier molecular flexibility index (Phi) is 6.91. The van der Waals surface area contributed by atoms with Crippen LogP contribution in [0.25, 0.3) is 22.1 Å². The number of benzene rings is 2. The summed E-state index contributed by atoms with van der Waals surface area (Å²) < 4.78 is 19.1. The van der Waals surface area contributed by atoms with Crippen LogP contribution in [0.3, 0.4) is 0 Å². The van der Waals surface area contributed by atoms with E-state index in [0.29, 0.717) is 6.42 Å². The first-order valence-electron chi connectivity index (χ1n) is 9.88. The van der Waals surface area contributed by atoms with Gasteiger partial charge in [0.25, 0.3) is 5.91 Å². The second kappa shape index (κ2) is 9.81. The third-order valence-electron chi connectivity index (χ3n) is 4.82. The van der Waals surface area contributed by atoms with Gasteiger partial charge in [-0.3, -0.25) is 26.0 Å². The number of hydrogen-bond acceptors (Lipinski definition) is 5. The lowest BCUT2D eigenvalue weighted by Crippen LogP contribution is -2.78. The number of halogens is 1. The number of fused-ring (bicyclic) bond motifs is 1. The average molecular weight is 457 g/mol. The molecule has 11 heteroatoms. The van der Waals surface area contributed by atoms with Gasteiger partial charge in [0.15, 0.2) is 0 Å². The summed E-state index contributed by atoms with van der Waals surface area (Å²) in [7, 11) is 0. The highest BCUT2D eigenvalue weighted by Crippen LogP contribution is 2.27. The smallest absolute Gasteiger partial charge is 0.338 e. The maximum absolute atomic E-state index is 13.4. The second-order valence-corrected chi connectivity index (χ2v) is 7.21. The van der Waals surface area contributed by atoms with Crippen molar-refractivity contribution in [2.24, 2.45) is 11.5 Å². The van der Waals surface area contributed by atoms with Crippen LogP contribution < -0.4 is 27.2 Å². The van der Waals surface area contributed by atoms with Gasteiger partial charge in [-0.1, -0.05) is 12.1 Å². The Bertz CT molecular complexity index is 1280. The van der Waals surface area contributed by atoms with Crippen LogP contribution in [0.4, 0.5) is 4.39 Å². The highest BCUT2D eigenvalue weighted by molar-refractivity contribution is 6.02. The van der Waals surface area contributed by atoms with Crippen molar-refractivity contribution in [3.63, 3.8) is 0 Å². The van der Waals surface area contributed by atoms with Gasteiger partial charge in [-0.15, -0.1) is 0 Å². The van der Waals surface area contributed by atoms with E-state index in [1.165, 1.54) is 24.3 Å². The van der Waals surface area contributed by atoms with E-state index in [-0.39, 0.29) is 46.8 Å². The van der Waals surface area contributed by atoms with Crippen LogP contribution in [0.15, 0.2) is 51.7 Å². The summed E-state index contributed by atoms with van der Waals surface area (Å²) >= 11 is 0. The topological polar surface area (TPSA) is 183 Å². The standard InChI is InChI=1S/C22H21FN4O6/c23-12-5-3-11(4-6-12)17-18(29)14-8-7-13(28)10-16(14)33-19(17)20(30)27-15(21(31)32)2-1-9-26-22(24)25/h3-8,10,15,28H,1-2,9H2,(H,27,30)(H,31,32)(H4,24,25,26)/p+1. The average Bonchev–Trinajstić information content (AvgIpc) is 2.75. The molecule has 0 aliphatic heterocycles. The van der Waals surface area contributed by atoms with E-state index < -0.39 is 34.9 Å². The number of hydrogen-bond donors (Lipinski definition) is 6. The third-order valence-corrected chi connectivity index (χ3v) is 4.82. The number of carbonyl (C=O) groups is 2. The number of aliphatic carboxylic acids is 1. The lowest BCUT2D eigenvalue weighted by atomic mass is 10.0. The van der Waals surface area contributed by atoms with Crippen molar-refractivity contribution in [2.75, 3.05) is 6.54 Å². The molecule has 0 aliphatic carbocycles.